The van der Waals surface area contributed by atoms with Gasteiger partial charge in [-0.25, -0.2) is 9.97 Å². The predicted molar refractivity (Wildman–Crippen MR) is 37.6 cm³/mol. The van der Waals surface area contributed by atoms with Gasteiger partial charge in [-0.2, -0.15) is 4.98 Å². The summed E-state index contributed by atoms with van der Waals surface area (Å²) in [4.78, 5) is 11.0. The first-order valence-electron chi connectivity index (χ1n) is 1.79. The fraction of sp³-hybridized carbons (Fsp3) is 0. The van der Waals surface area contributed by atoms with Crippen molar-refractivity contribution in [2.45, 2.75) is 0 Å². The van der Waals surface area contributed by atoms with E-state index in [4.69, 9.17) is 11.6 Å². The van der Waals surface area contributed by atoms with E-state index in [0.29, 0.717) is 3.83 Å². The molecule has 42 valence electrons. The third-order valence-electron chi connectivity index (χ3n) is 0.513. The van der Waals surface area contributed by atoms with Gasteiger partial charge in [0, 0.05) is 22.6 Å². The van der Waals surface area contributed by atoms with E-state index in [0.717, 1.165) is 0 Å². The first-order chi connectivity index (χ1) is 3.79. The number of aromatic nitrogens is 3. The van der Waals surface area contributed by atoms with Gasteiger partial charge in [0.2, 0.25) is 5.28 Å². The van der Waals surface area contributed by atoms with Gasteiger partial charge in [0.25, 0.3) is 0 Å². The van der Waals surface area contributed by atoms with Gasteiger partial charge in [0.05, 0.1) is 0 Å². The Morgan fingerprint density at radius 1 is 1.50 bits per heavy atom. The molecule has 1 rings (SSSR count). The maximum atomic E-state index is 5.38. The van der Waals surface area contributed by atoms with Gasteiger partial charge in [-0.05, 0) is 11.6 Å². The van der Waals surface area contributed by atoms with Crippen molar-refractivity contribution in [3.05, 3.63) is 15.4 Å². The van der Waals surface area contributed by atoms with Gasteiger partial charge in [0.1, 0.15) is 6.33 Å². The predicted octanol–water partition coefficient (Wildman–Crippen LogP) is 1.13. The second kappa shape index (κ2) is 2.54. The number of halogens is 2. The highest BCUT2D eigenvalue weighted by Crippen LogP contribution is 1.98. The van der Waals surface area contributed by atoms with Crippen LogP contribution < -0.4 is 0 Å². The van der Waals surface area contributed by atoms with Crippen LogP contribution in [0.2, 0.25) is 5.28 Å². The van der Waals surface area contributed by atoms with E-state index in [-0.39, 0.29) is 5.28 Å². The highest BCUT2D eigenvalue weighted by atomic mass is 127. The van der Waals surface area contributed by atoms with Crippen LogP contribution in [0.5, 0.6) is 0 Å². The van der Waals surface area contributed by atoms with E-state index < -0.39 is 0 Å². The van der Waals surface area contributed by atoms with Crippen molar-refractivity contribution in [2.75, 3.05) is 0 Å². The molecule has 3 nitrogen and oxygen atoms in total. The van der Waals surface area contributed by atoms with Crippen LogP contribution in [0.3, 0.4) is 0 Å². The van der Waals surface area contributed by atoms with Gasteiger partial charge >= 0.3 is 0 Å². The molecule has 0 radical (unpaired) electrons. The molecule has 0 aromatic carbocycles. The minimum atomic E-state index is 0.240. The molecule has 0 saturated heterocycles. The quantitative estimate of drug-likeness (QED) is 0.639. The molecule has 5 heteroatoms. The molecule has 1 aromatic heterocycles. The molecule has 0 aliphatic heterocycles. The Morgan fingerprint density at radius 2 is 2.25 bits per heavy atom. The van der Waals surface area contributed by atoms with Crippen molar-refractivity contribution in [2.24, 2.45) is 0 Å². The van der Waals surface area contributed by atoms with Crippen LogP contribution >= 0.6 is 34.2 Å². The van der Waals surface area contributed by atoms with Crippen molar-refractivity contribution in [3.63, 3.8) is 0 Å². The van der Waals surface area contributed by atoms with Crippen LogP contribution in [0.4, 0.5) is 0 Å². The lowest BCUT2D eigenvalue weighted by Crippen LogP contribution is -1.87. The molecule has 1 heterocycles. The van der Waals surface area contributed by atoms with Crippen LogP contribution in [-0.4, -0.2) is 15.0 Å². The fourth-order valence-corrected chi connectivity index (χ4v) is 0.877. The molecule has 0 fully saturated rings. The summed E-state index contributed by atoms with van der Waals surface area (Å²) in [6.45, 7) is 0. The summed E-state index contributed by atoms with van der Waals surface area (Å²) in [5, 5.41) is 0.240. The van der Waals surface area contributed by atoms with E-state index >= 15 is 0 Å². The summed E-state index contributed by atoms with van der Waals surface area (Å²) in [6.07, 6.45) is 1.37. The Kier molecular flexibility index (Phi) is 1.95. The Morgan fingerprint density at radius 3 is 2.62 bits per heavy atom. The number of nitrogens with zero attached hydrogens (tertiary/aromatic N) is 3. The second-order valence-corrected chi connectivity index (χ2v) is 2.33. The zero-order valence-corrected chi connectivity index (χ0v) is 6.59. The Labute approximate surface area is 64.7 Å². The van der Waals surface area contributed by atoms with Crippen LogP contribution in [-0.2, 0) is 0 Å². The van der Waals surface area contributed by atoms with Gasteiger partial charge in [0.15, 0.2) is 3.83 Å². The van der Waals surface area contributed by atoms with Crippen molar-refractivity contribution >= 4 is 34.2 Å². The molecule has 1 aromatic rings. The zero-order chi connectivity index (χ0) is 5.98. The van der Waals surface area contributed by atoms with Gasteiger partial charge in [-0.3, -0.25) is 0 Å². The normalized spacial score (nSPS) is 9.25. The van der Waals surface area contributed by atoms with Crippen molar-refractivity contribution in [3.8, 4) is 0 Å². The summed E-state index contributed by atoms with van der Waals surface area (Å²) >= 11 is 7.34. The number of rotatable bonds is 0. The summed E-state index contributed by atoms with van der Waals surface area (Å²) in [5.74, 6) is 0. The van der Waals surface area contributed by atoms with Crippen LogP contribution in [0.25, 0.3) is 0 Å². The lowest BCUT2D eigenvalue weighted by atomic mass is 11.1. The molecule has 0 aliphatic rings. The molecule has 0 spiro atoms. The molecular formula is C3HClIN3. The topological polar surface area (TPSA) is 38.7 Å². The SMILES string of the molecule is Clc1ncnc(I)n1. The summed E-state index contributed by atoms with van der Waals surface area (Å²) < 4.78 is 0.614. The highest BCUT2D eigenvalue weighted by molar-refractivity contribution is 14.1. The first-order valence-corrected chi connectivity index (χ1v) is 3.25. The van der Waals surface area contributed by atoms with Crippen LogP contribution in [0, 0.1) is 3.83 Å². The molecule has 0 unspecified atom stereocenters. The van der Waals surface area contributed by atoms with Gasteiger partial charge in [-0.1, -0.05) is 0 Å². The zero-order valence-electron chi connectivity index (χ0n) is 3.67. The summed E-state index contributed by atoms with van der Waals surface area (Å²) in [5.41, 5.74) is 0. The lowest BCUT2D eigenvalue weighted by Gasteiger charge is -1.84. The number of hydrogen-bond acceptors (Lipinski definition) is 3. The minimum absolute atomic E-state index is 0.240. The van der Waals surface area contributed by atoms with Crippen molar-refractivity contribution in [1.29, 1.82) is 0 Å². The standard InChI is InChI=1S/C3HClIN3/c4-2-6-1-7-3(5)8-2/h1H. The smallest absolute Gasteiger partial charge is 0.211 e. The molecule has 0 saturated carbocycles. The summed E-state index contributed by atoms with van der Waals surface area (Å²) in [7, 11) is 0. The second-order valence-electron chi connectivity index (χ2n) is 1.02. The highest BCUT2D eigenvalue weighted by Gasteiger charge is 1.88. The van der Waals surface area contributed by atoms with E-state index in [9.17, 15) is 0 Å². The van der Waals surface area contributed by atoms with Crippen LogP contribution in [0.1, 0.15) is 0 Å². The number of hydrogen-bond donors (Lipinski definition) is 0. The van der Waals surface area contributed by atoms with E-state index in [1.54, 1.807) is 0 Å². The summed E-state index contributed by atoms with van der Waals surface area (Å²) in [6, 6.07) is 0. The fourth-order valence-electron chi connectivity index (χ4n) is 0.258. The third kappa shape index (κ3) is 1.52. The molecule has 0 aliphatic carbocycles. The monoisotopic (exact) mass is 241 g/mol. The average Bonchev–Trinajstić information content (AvgIpc) is 1.64. The molecular weight excluding hydrogens is 240 g/mol. The van der Waals surface area contributed by atoms with Gasteiger partial charge in [-0.15, -0.1) is 0 Å². The molecule has 0 atom stereocenters. The molecule has 0 N–H and O–H groups in total. The average molecular weight is 241 g/mol. The third-order valence-corrected chi connectivity index (χ3v) is 1.21. The largest absolute Gasteiger partial charge is 0.226 e. The molecule has 8 heavy (non-hydrogen) atoms. The maximum absolute atomic E-state index is 5.38. The van der Waals surface area contributed by atoms with E-state index in [2.05, 4.69) is 15.0 Å². The molecule has 0 amide bonds. The molecule has 0 bridgehead atoms. The van der Waals surface area contributed by atoms with E-state index in [1.807, 2.05) is 22.6 Å². The Bertz CT molecular complexity index is 174. The lowest BCUT2D eigenvalue weighted by molar-refractivity contribution is 1.01. The van der Waals surface area contributed by atoms with E-state index in [1.165, 1.54) is 6.33 Å². The maximum Gasteiger partial charge on any atom is 0.226 e. The van der Waals surface area contributed by atoms with Crippen molar-refractivity contribution < 1.29 is 0 Å². The minimum Gasteiger partial charge on any atom is -0.211 e. The van der Waals surface area contributed by atoms with Gasteiger partial charge < -0.3 is 0 Å². The Hall–Kier alpha value is 0.0300. The Balaban J connectivity index is 3.08. The van der Waals surface area contributed by atoms with Crippen LogP contribution in [0.15, 0.2) is 6.33 Å². The first kappa shape index (κ1) is 6.15. The van der Waals surface area contributed by atoms with Crippen molar-refractivity contribution in [1.82, 2.24) is 15.0 Å².